The Morgan fingerprint density at radius 1 is 1.00 bits per heavy atom. The van der Waals surface area contributed by atoms with Gasteiger partial charge in [-0.1, -0.05) is 17.7 Å². The van der Waals surface area contributed by atoms with Crippen molar-refractivity contribution in [1.29, 1.82) is 0 Å². The second-order valence-corrected chi connectivity index (χ2v) is 7.59. The Kier molecular flexibility index (Phi) is 7.14. The maximum Gasteiger partial charge on any atom is 0.263 e. The van der Waals surface area contributed by atoms with Crippen molar-refractivity contribution >= 4 is 46.8 Å². The third kappa shape index (κ3) is 5.53. The summed E-state index contributed by atoms with van der Waals surface area (Å²) in [6, 6.07) is 9.06. The second-order valence-electron chi connectivity index (χ2n) is 6.77. The van der Waals surface area contributed by atoms with Crippen molar-refractivity contribution in [3.63, 3.8) is 0 Å². The lowest BCUT2D eigenvalue weighted by Crippen LogP contribution is -2.51. The molecule has 2 aromatic rings. The van der Waals surface area contributed by atoms with E-state index in [0.717, 1.165) is 11.3 Å². The van der Waals surface area contributed by atoms with Crippen LogP contribution in [0.15, 0.2) is 35.9 Å². The molecule has 1 aliphatic heterocycles. The lowest BCUT2D eigenvalue weighted by atomic mass is 10.1. The van der Waals surface area contributed by atoms with Crippen LogP contribution in [0.2, 0.25) is 5.02 Å². The van der Waals surface area contributed by atoms with E-state index in [0.29, 0.717) is 23.7 Å². The van der Waals surface area contributed by atoms with Crippen LogP contribution in [0.25, 0.3) is 6.08 Å². The highest BCUT2D eigenvalue weighted by Gasteiger charge is 2.26. The number of carbonyl (C=O) groups is 2. The first-order valence-corrected chi connectivity index (χ1v) is 10.2. The molecule has 31 heavy (non-hydrogen) atoms. The van der Waals surface area contributed by atoms with Gasteiger partial charge in [-0.2, -0.15) is 0 Å². The van der Waals surface area contributed by atoms with Gasteiger partial charge in [0.25, 0.3) is 11.8 Å². The van der Waals surface area contributed by atoms with Gasteiger partial charge in [0.15, 0.2) is 16.6 Å². The summed E-state index contributed by atoms with van der Waals surface area (Å²) in [7, 11) is 1.47. The fourth-order valence-electron chi connectivity index (χ4n) is 2.84. The molecule has 2 N–H and O–H groups in total. The van der Waals surface area contributed by atoms with Crippen LogP contribution in [0.3, 0.4) is 0 Å². The number of halogens is 1. The average molecular weight is 461 g/mol. The zero-order chi connectivity index (χ0) is 22.5. The molecule has 0 saturated carbocycles. The molecule has 1 fully saturated rings. The Balaban J connectivity index is 1.70. The SMILES string of the molecule is COc1cc(C=C2C(=O)NC(=S)NC2=O)cc(Cl)c1OCCOc1ccc(C)c(C)c1. The second kappa shape index (κ2) is 9.80. The molecule has 0 atom stereocenters. The van der Waals surface area contributed by atoms with Crippen molar-refractivity contribution in [2.45, 2.75) is 13.8 Å². The zero-order valence-electron chi connectivity index (χ0n) is 17.2. The number of methoxy groups -OCH3 is 1. The van der Waals surface area contributed by atoms with E-state index in [1.54, 1.807) is 12.1 Å². The van der Waals surface area contributed by atoms with E-state index in [-0.39, 0.29) is 22.3 Å². The first kappa shape index (κ1) is 22.6. The van der Waals surface area contributed by atoms with Crippen molar-refractivity contribution in [3.8, 4) is 17.2 Å². The minimum absolute atomic E-state index is 0.0328. The van der Waals surface area contributed by atoms with Gasteiger partial charge in [0, 0.05) is 0 Å². The molecular weight excluding hydrogens is 440 g/mol. The lowest BCUT2D eigenvalue weighted by Gasteiger charge is -2.17. The zero-order valence-corrected chi connectivity index (χ0v) is 18.8. The number of aryl methyl sites for hydroxylation is 2. The van der Waals surface area contributed by atoms with Crippen LogP contribution in [-0.4, -0.2) is 37.3 Å². The molecule has 3 rings (SSSR count). The average Bonchev–Trinajstić information content (AvgIpc) is 2.71. The van der Waals surface area contributed by atoms with E-state index >= 15 is 0 Å². The molecule has 0 radical (unpaired) electrons. The molecule has 0 aromatic heterocycles. The predicted molar refractivity (Wildman–Crippen MR) is 122 cm³/mol. The normalized spacial score (nSPS) is 13.4. The lowest BCUT2D eigenvalue weighted by molar-refractivity contribution is -0.123. The summed E-state index contributed by atoms with van der Waals surface area (Å²) in [4.78, 5) is 24.1. The van der Waals surface area contributed by atoms with Crippen LogP contribution in [0, 0.1) is 13.8 Å². The van der Waals surface area contributed by atoms with Gasteiger partial charge >= 0.3 is 0 Å². The molecule has 9 heteroatoms. The summed E-state index contributed by atoms with van der Waals surface area (Å²) < 4.78 is 16.8. The van der Waals surface area contributed by atoms with E-state index in [1.807, 2.05) is 32.0 Å². The van der Waals surface area contributed by atoms with E-state index in [4.69, 9.17) is 38.0 Å². The predicted octanol–water partition coefficient (Wildman–Crippen LogP) is 3.34. The number of hydrogen-bond donors (Lipinski definition) is 2. The first-order chi connectivity index (χ1) is 14.8. The smallest absolute Gasteiger partial charge is 0.263 e. The summed E-state index contributed by atoms with van der Waals surface area (Å²) in [5.41, 5.74) is 2.74. The molecule has 2 aromatic carbocycles. The standard InChI is InChI=1S/C22H21ClN2O5S/c1-12-4-5-15(8-13(12)2)29-6-7-30-19-17(23)10-14(11-18(19)28-3)9-16-20(26)24-22(31)25-21(16)27/h4-5,8-11H,6-7H2,1-3H3,(H2,24,25,26,27,31). The highest BCUT2D eigenvalue weighted by atomic mass is 35.5. The largest absolute Gasteiger partial charge is 0.493 e. The number of benzene rings is 2. The number of ether oxygens (including phenoxy) is 3. The minimum atomic E-state index is -0.590. The van der Waals surface area contributed by atoms with Gasteiger partial charge in [0.1, 0.15) is 24.5 Å². The Morgan fingerprint density at radius 2 is 1.68 bits per heavy atom. The summed E-state index contributed by atoms with van der Waals surface area (Å²) in [5, 5.41) is 4.99. The molecule has 7 nitrogen and oxygen atoms in total. The molecule has 1 heterocycles. The van der Waals surface area contributed by atoms with Crippen molar-refractivity contribution < 1.29 is 23.8 Å². The van der Waals surface area contributed by atoms with Crippen molar-refractivity contribution in [2.75, 3.05) is 20.3 Å². The Morgan fingerprint density at radius 3 is 2.32 bits per heavy atom. The van der Waals surface area contributed by atoms with Crippen LogP contribution >= 0.6 is 23.8 Å². The molecule has 0 aliphatic carbocycles. The highest BCUT2D eigenvalue weighted by molar-refractivity contribution is 7.80. The van der Waals surface area contributed by atoms with Gasteiger partial charge in [-0.3, -0.25) is 20.2 Å². The van der Waals surface area contributed by atoms with Gasteiger partial charge in [0.2, 0.25) is 0 Å². The monoisotopic (exact) mass is 460 g/mol. The van der Waals surface area contributed by atoms with E-state index in [2.05, 4.69) is 10.6 Å². The Bertz CT molecular complexity index is 1060. The molecule has 0 spiro atoms. The fourth-order valence-corrected chi connectivity index (χ4v) is 3.30. The third-order valence-corrected chi connectivity index (χ3v) is 5.07. The fraction of sp³-hybridized carbons (Fsp3) is 0.227. The number of nitrogens with one attached hydrogen (secondary N) is 2. The summed E-state index contributed by atoms with van der Waals surface area (Å²) in [6.07, 6.45) is 1.40. The number of hydrogen-bond acceptors (Lipinski definition) is 6. The van der Waals surface area contributed by atoms with Gasteiger partial charge in [-0.25, -0.2) is 0 Å². The van der Waals surface area contributed by atoms with Gasteiger partial charge in [0.05, 0.1) is 12.1 Å². The van der Waals surface area contributed by atoms with Crippen LogP contribution in [0.4, 0.5) is 0 Å². The number of carbonyl (C=O) groups excluding carboxylic acids is 2. The van der Waals surface area contributed by atoms with E-state index in [1.165, 1.54) is 18.7 Å². The highest BCUT2D eigenvalue weighted by Crippen LogP contribution is 2.37. The van der Waals surface area contributed by atoms with Crippen molar-refractivity contribution in [2.24, 2.45) is 0 Å². The van der Waals surface area contributed by atoms with Gasteiger partial charge < -0.3 is 14.2 Å². The van der Waals surface area contributed by atoms with E-state index in [9.17, 15) is 9.59 Å². The van der Waals surface area contributed by atoms with Crippen LogP contribution in [0.5, 0.6) is 17.2 Å². The van der Waals surface area contributed by atoms with Crippen LogP contribution < -0.4 is 24.8 Å². The van der Waals surface area contributed by atoms with Gasteiger partial charge in [-0.15, -0.1) is 0 Å². The number of rotatable bonds is 7. The third-order valence-electron chi connectivity index (χ3n) is 4.58. The number of thiocarbonyl (C=S) groups is 1. The minimum Gasteiger partial charge on any atom is -0.493 e. The molecule has 162 valence electrons. The first-order valence-electron chi connectivity index (χ1n) is 9.37. The summed E-state index contributed by atoms with van der Waals surface area (Å²) in [5.74, 6) is 0.280. The molecule has 1 aliphatic rings. The number of amides is 2. The topological polar surface area (TPSA) is 85.9 Å². The summed E-state index contributed by atoms with van der Waals surface area (Å²) >= 11 is 11.2. The Labute approximate surface area is 190 Å². The molecular formula is C22H21ClN2O5S. The molecule has 1 saturated heterocycles. The molecule has 0 bridgehead atoms. The van der Waals surface area contributed by atoms with Crippen molar-refractivity contribution in [1.82, 2.24) is 10.6 Å². The Hall–Kier alpha value is -3.10. The summed E-state index contributed by atoms with van der Waals surface area (Å²) in [6.45, 7) is 4.62. The molecule has 2 amide bonds. The van der Waals surface area contributed by atoms with E-state index < -0.39 is 11.8 Å². The quantitative estimate of drug-likeness (QED) is 0.285. The van der Waals surface area contributed by atoms with Crippen molar-refractivity contribution in [3.05, 3.63) is 57.6 Å². The van der Waals surface area contributed by atoms with Crippen LogP contribution in [0.1, 0.15) is 16.7 Å². The molecule has 0 unspecified atom stereocenters. The maximum absolute atomic E-state index is 12.0. The van der Waals surface area contributed by atoms with Crippen LogP contribution in [-0.2, 0) is 9.59 Å². The maximum atomic E-state index is 12.0. The van der Waals surface area contributed by atoms with Gasteiger partial charge in [-0.05, 0) is 73.1 Å².